The Bertz CT molecular complexity index is 244. The van der Waals surface area contributed by atoms with E-state index in [0.717, 1.165) is 5.88 Å². The molecule has 0 saturated heterocycles. The van der Waals surface area contributed by atoms with Gasteiger partial charge < -0.3 is 0 Å². The van der Waals surface area contributed by atoms with E-state index in [0.29, 0.717) is 5.92 Å². The van der Waals surface area contributed by atoms with Gasteiger partial charge in [-0.05, 0) is 38.0 Å². The molecular weight excluding hydrogens is 264 g/mol. The summed E-state index contributed by atoms with van der Waals surface area (Å²) in [5, 5.41) is 0. The largest absolute Gasteiger partial charge is 0.126 e. The van der Waals surface area contributed by atoms with Gasteiger partial charge in [-0.15, -0.1) is 11.6 Å². The molecule has 0 amide bonds. The van der Waals surface area contributed by atoms with E-state index < -0.39 is 0 Å². The minimum Gasteiger partial charge on any atom is -0.126 e. The summed E-state index contributed by atoms with van der Waals surface area (Å²) in [6.07, 6.45) is 22.2. The first-order chi connectivity index (χ1) is 9.86. The Morgan fingerprint density at radius 3 is 2.15 bits per heavy atom. The van der Waals surface area contributed by atoms with E-state index in [1.165, 1.54) is 89.9 Å². The summed E-state index contributed by atoms with van der Waals surface area (Å²) in [7, 11) is 0. The predicted octanol–water partition coefficient (Wildman–Crippen LogP) is 7.26. The molecule has 0 spiro atoms. The first-order valence-corrected chi connectivity index (χ1v) is 9.65. The Balaban J connectivity index is 1.88. The molecule has 1 aliphatic rings. The number of hydrogen-bond acceptors (Lipinski definition) is 0. The molecule has 0 aromatic rings. The van der Waals surface area contributed by atoms with Gasteiger partial charge in [0.1, 0.15) is 0 Å². The van der Waals surface area contributed by atoms with Crippen LogP contribution >= 0.6 is 11.6 Å². The third kappa shape index (κ3) is 9.06. The van der Waals surface area contributed by atoms with E-state index >= 15 is 0 Å². The molecule has 0 saturated carbocycles. The van der Waals surface area contributed by atoms with Gasteiger partial charge in [-0.1, -0.05) is 76.4 Å². The van der Waals surface area contributed by atoms with Gasteiger partial charge >= 0.3 is 0 Å². The van der Waals surface area contributed by atoms with Gasteiger partial charge in [0.25, 0.3) is 0 Å². The summed E-state index contributed by atoms with van der Waals surface area (Å²) in [5.74, 6) is 1.49. The van der Waals surface area contributed by atoms with Crippen molar-refractivity contribution >= 4 is 11.6 Å². The second-order valence-corrected chi connectivity index (χ2v) is 6.87. The lowest BCUT2D eigenvalue weighted by atomic mass is 9.89. The zero-order valence-electron chi connectivity index (χ0n) is 13.6. The summed E-state index contributed by atoms with van der Waals surface area (Å²) in [5.41, 5.74) is 1.70. The van der Waals surface area contributed by atoms with E-state index in [1.807, 2.05) is 0 Å². The van der Waals surface area contributed by atoms with E-state index in [4.69, 9.17) is 11.6 Å². The van der Waals surface area contributed by atoms with Crippen LogP contribution in [0.1, 0.15) is 96.8 Å². The lowest BCUT2D eigenvalue weighted by molar-refractivity contribution is 0.536. The third-order valence-corrected chi connectivity index (χ3v) is 4.99. The Morgan fingerprint density at radius 1 is 0.950 bits per heavy atom. The minimum atomic E-state index is 0.670. The fourth-order valence-corrected chi connectivity index (χ4v) is 3.50. The average Bonchev–Trinajstić information content (AvgIpc) is 2.49. The molecule has 0 bridgehead atoms. The van der Waals surface area contributed by atoms with Gasteiger partial charge in [0.2, 0.25) is 0 Å². The number of unbranched alkanes of at least 4 members (excludes halogenated alkanes) is 9. The Labute approximate surface area is 132 Å². The molecule has 1 heteroatoms. The van der Waals surface area contributed by atoms with E-state index in [-0.39, 0.29) is 0 Å². The van der Waals surface area contributed by atoms with Crippen molar-refractivity contribution in [2.45, 2.75) is 96.8 Å². The van der Waals surface area contributed by atoms with Crippen molar-refractivity contribution in [1.82, 2.24) is 0 Å². The van der Waals surface area contributed by atoms with Crippen molar-refractivity contribution in [2.75, 3.05) is 5.88 Å². The van der Waals surface area contributed by atoms with Crippen LogP contribution in [0.3, 0.4) is 0 Å². The van der Waals surface area contributed by atoms with Crippen LogP contribution in [0.2, 0.25) is 0 Å². The summed E-state index contributed by atoms with van der Waals surface area (Å²) in [6, 6.07) is 0. The number of hydrogen-bond donors (Lipinski definition) is 0. The van der Waals surface area contributed by atoms with Gasteiger partial charge in [-0.3, -0.25) is 0 Å². The highest BCUT2D eigenvalue weighted by molar-refractivity contribution is 6.18. The Kier molecular flexibility index (Phi) is 11.5. The average molecular weight is 299 g/mol. The lowest BCUT2D eigenvalue weighted by Gasteiger charge is -2.19. The number of halogens is 1. The van der Waals surface area contributed by atoms with Gasteiger partial charge in [-0.25, -0.2) is 0 Å². The molecule has 20 heavy (non-hydrogen) atoms. The number of rotatable bonds is 12. The van der Waals surface area contributed by atoms with Gasteiger partial charge in [0, 0.05) is 5.88 Å². The summed E-state index contributed by atoms with van der Waals surface area (Å²) in [6.45, 7) is 2.29. The molecule has 0 fully saturated rings. The molecule has 1 atom stereocenters. The fraction of sp³-hybridized carbons (Fsp3) is 0.895. The Hall–Kier alpha value is 0.0300. The molecule has 0 aromatic carbocycles. The Morgan fingerprint density at radius 2 is 1.55 bits per heavy atom. The first-order valence-electron chi connectivity index (χ1n) is 9.12. The molecule has 0 aromatic heterocycles. The maximum Gasteiger partial charge on any atom is 0.0286 e. The molecule has 0 nitrogen and oxygen atoms in total. The third-order valence-electron chi connectivity index (χ3n) is 4.59. The monoisotopic (exact) mass is 298 g/mol. The predicted molar refractivity (Wildman–Crippen MR) is 92.6 cm³/mol. The molecule has 0 radical (unpaired) electrons. The molecule has 0 heterocycles. The summed E-state index contributed by atoms with van der Waals surface area (Å²) >= 11 is 5.96. The molecule has 0 N–H and O–H groups in total. The van der Waals surface area contributed by atoms with Crippen molar-refractivity contribution in [3.05, 3.63) is 11.6 Å². The van der Waals surface area contributed by atoms with E-state index in [9.17, 15) is 0 Å². The van der Waals surface area contributed by atoms with Crippen LogP contribution in [0.4, 0.5) is 0 Å². The second-order valence-electron chi connectivity index (χ2n) is 6.56. The SMILES string of the molecule is CCCCCCCCCCCCC1=CC(CCl)CCC1. The van der Waals surface area contributed by atoms with Crippen LogP contribution in [-0.4, -0.2) is 5.88 Å². The van der Waals surface area contributed by atoms with Crippen LogP contribution in [0.5, 0.6) is 0 Å². The fourth-order valence-electron chi connectivity index (χ4n) is 3.26. The van der Waals surface area contributed by atoms with Gasteiger partial charge in [0.15, 0.2) is 0 Å². The molecule has 1 aliphatic carbocycles. The van der Waals surface area contributed by atoms with Crippen molar-refractivity contribution < 1.29 is 0 Å². The summed E-state index contributed by atoms with van der Waals surface area (Å²) < 4.78 is 0. The highest BCUT2D eigenvalue weighted by Crippen LogP contribution is 2.27. The zero-order chi connectivity index (χ0) is 14.5. The van der Waals surface area contributed by atoms with E-state index in [2.05, 4.69) is 13.0 Å². The van der Waals surface area contributed by atoms with Crippen molar-refractivity contribution in [2.24, 2.45) is 5.92 Å². The number of alkyl halides is 1. The smallest absolute Gasteiger partial charge is 0.0286 e. The quantitative estimate of drug-likeness (QED) is 0.202. The normalized spacial score (nSPS) is 19.1. The van der Waals surface area contributed by atoms with Crippen molar-refractivity contribution in [3.63, 3.8) is 0 Å². The molecule has 1 unspecified atom stereocenters. The topological polar surface area (TPSA) is 0 Å². The molecule has 1 rings (SSSR count). The first kappa shape index (κ1) is 18.1. The summed E-state index contributed by atoms with van der Waals surface area (Å²) in [4.78, 5) is 0. The van der Waals surface area contributed by atoms with Crippen LogP contribution < -0.4 is 0 Å². The second kappa shape index (κ2) is 12.7. The van der Waals surface area contributed by atoms with E-state index in [1.54, 1.807) is 5.57 Å². The van der Waals surface area contributed by atoms with Crippen molar-refractivity contribution in [3.8, 4) is 0 Å². The van der Waals surface area contributed by atoms with Crippen LogP contribution in [-0.2, 0) is 0 Å². The highest BCUT2D eigenvalue weighted by Gasteiger charge is 2.11. The maximum atomic E-state index is 5.96. The van der Waals surface area contributed by atoms with Crippen LogP contribution in [0.15, 0.2) is 11.6 Å². The standard InChI is InChI=1S/C19H35Cl/c1-2-3-4-5-6-7-8-9-10-11-13-18-14-12-15-19(16-18)17-20/h16,19H,2-15,17H2,1H3. The van der Waals surface area contributed by atoms with Crippen LogP contribution in [0.25, 0.3) is 0 Å². The minimum absolute atomic E-state index is 0.670. The zero-order valence-corrected chi connectivity index (χ0v) is 14.4. The highest BCUT2D eigenvalue weighted by atomic mass is 35.5. The molecular formula is C19H35Cl. The van der Waals surface area contributed by atoms with Crippen molar-refractivity contribution in [1.29, 1.82) is 0 Å². The van der Waals surface area contributed by atoms with Crippen LogP contribution in [0, 0.1) is 5.92 Å². The lowest BCUT2D eigenvalue weighted by Crippen LogP contribution is -2.05. The molecule has 0 aliphatic heterocycles. The number of allylic oxidation sites excluding steroid dienone is 2. The maximum absolute atomic E-state index is 5.96. The molecule has 118 valence electrons. The van der Waals surface area contributed by atoms with Gasteiger partial charge in [-0.2, -0.15) is 0 Å². The van der Waals surface area contributed by atoms with Gasteiger partial charge in [0.05, 0.1) is 0 Å².